The largest absolute Gasteiger partial charge is 0.433 e. The van der Waals surface area contributed by atoms with E-state index >= 15 is 0 Å². The molecule has 0 radical (unpaired) electrons. The average molecular weight is 346 g/mol. The van der Waals surface area contributed by atoms with Gasteiger partial charge in [-0.05, 0) is 12.8 Å². The summed E-state index contributed by atoms with van der Waals surface area (Å²) in [7, 11) is 3.18. The topological polar surface area (TPSA) is 72.7 Å². The molecule has 1 aliphatic carbocycles. The number of rotatable bonds is 2. The van der Waals surface area contributed by atoms with Gasteiger partial charge in [-0.25, -0.2) is 4.98 Å². The molecule has 2 aliphatic rings. The van der Waals surface area contributed by atoms with E-state index in [1.54, 1.807) is 19.0 Å². The lowest BCUT2D eigenvalue weighted by molar-refractivity contribution is -0.177. The monoisotopic (exact) mass is 346 g/mol. The van der Waals surface area contributed by atoms with Crippen molar-refractivity contribution in [2.24, 2.45) is 5.41 Å². The van der Waals surface area contributed by atoms with Crippen LogP contribution in [0.3, 0.4) is 0 Å². The maximum Gasteiger partial charge on any atom is 0.433 e. The van der Waals surface area contributed by atoms with E-state index < -0.39 is 29.5 Å². The zero-order chi connectivity index (χ0) is 17.7. The van der Waals surface area contributed by atoms with Crippen LogP contribution in [0.25, 0.3) is 0 Å². The zero-order valence-electron chi connectivity index (χ0n) is 13.6. The van der Waals surface area contributed by atoms with Crippen LogP contribution in [0.5, 0.6) is 0 Å². The quantitative estimate of drug-likeness (QED) is 0.840. The van der Waals surface area contributed by atoms with Crippen molar-refractivity contribution < 1.29 is 23.4 Å². The first kappa shape index (κ1) is 17.2. The highest BCUT2D eigenvalue weighted by Crippen LogP contribution is 2.49. The third kappa shape index (κ3) is 2.79. The van der Waals surface area contributed by atoms with Crippen LogP contribution in [0.15, 0.2) is 6.07 Å². The van der Waals surface area contributed by atoms with Gasteiger partial charge < -0.3 is 20.0 Å². The summed E-state index contributed by atoms with van der Waals surface area (Å²) in [5.74, 6) is 0.225. The van der Waals surface area contributed by atoms with Crippen LogP contribution >= 0.6 is 0 Å². The van der Waals surface area contributed by atoms with Gasteiger partial charge in [0, 0.05) is 45.1 Å². The molecule has 2 heterocycles. The fourth-order valence-electron chi connectivity index (χ4n) is 3.49. The fourth-order valence-corrected chi connectivity index (χ4v) is 3.49. The van der Waals surface area contributed by atoms with Crippen LogP contribution in [0.4, 0.5) is 24.9 Å². The molecule has 24 heavy (non-hydrogen) atoms. The SMILES string of the molecule is CN(C)c1nc(N2CCC3(CC2)[C@H](O)C[C@@H]3O)cc(C(F)(F)F)n1. The molecule has 0 amide bonds. The van der Waals surface area contributed by atoms with Crippen molar-refractivity contribution in [3.05, 3.63) is 11.8 Å². The minimum atomic E-state index is -4.54. The van der Waals surface area contributed by atoms with Gasteiger partial charge in [-0.2, -0.15) is 18.2 Å². The molecule has 1 aromatic heterocycles. The van der Waals surface area contributed by atoms with Crippen LogP contribution < -0.4 is 9.80 Å². The molecule has 2 N–H and O–H groups in total. The number of piperidine rings is 1. The highest BCUT2D eigenvalue weighted by molar-refractivity contribution is 5.46. The Hall–Kier alpha value is -1.61. The predicted octanol–water partition coefficient (Wildman–Crippen LogP) is 1.27. The van der Waals surface area contributed by atoms with Crippen LogP contribution in [-0.2, 0) is 6.18 Å². The molecule has 2 fully saturated rings. The van der Waals surface area contributed by atoms with Gasteiger partial charge in [-0.1, -0.05) is 0 Å². The van der Waals surface area contributed by atoms with E-state index in [2.05, 4.69) is 9.97 Å². The highest BCUT2D eigenvalue weighted by Gasteiger charge is 2.54. The molecule has 1 aliphatic heterocycles. The van der Waals surface area contributed by atoms with Crippen LogP contribution in [0.1, 0.15) is 25.0 Å². The number of hydrogen-bond donors (Lipinski definition) is 2. The van der Waals surface area contributed by atoms with Crippen molar-refractivity contribution in [1.82, 2.24) is 9.97 Å². The summed E-state index contributed by atoms with van der Waals surface area (Å²) < 4.78 is 39.2. The number of nitrogens with zero attached hydrogens (tertiary/aromatic N) is 4. The lowest BCUT2D eigenvalue weighted by atomic mass is 9.58. The minimum Gasteiger partial charge on any atom is -0.392 e. The first-order valence-electron chi connectivity index (χ1n) is 7.88. The van der Waals surface area contributed by atoms with E-state index in [-0.39, 0.29) is 11.8 Å². The summed E-state index contributed by atoms with van der Waals surface area (Å²) >= 11 is 0. The Labute approximate surface area is 137 Å². The van der Waals surface area contributed by atoms with Gasteiger partial charge in [0.15, 0.2) is 5.69 Å². The molecule has 6 nitrogen and oxygen atoms in total. The summed E-state index contributed by atoms with van der Waals surface area (Å²) in [6.45, 7) is 0.880. The van der Waals surface area contributed by atoms with Crippen LogP contribution in [0.2, 0.25) is 0 Å². The van der Waals surface area contributed by atoms with Gasteiger partial charge in [0.2, 0.25) is 5.95 Å². The van der Waals surface area contributed by atoms with Gasteiger partial charge >= 0.3 is 6.18 Å². The third-order valence-corrected chi connectivity index (χ3v) is 5.18. The third-order valence-electron chi connectivity index (χ3n) is 5.18. The van der Waals surface area contributed by atoms with E-state index in [0.717, 1.165) is 6.07 Å². The van der Waals surface area contributed by atoms with Gasteiger partial charge in [-0.3, -0.25) is 0 Å². The Balaban J connectivity index is 1.84. The van der Waals surface area contributed by atoms with Crippen molar-refractivity contribution in [2.75, 3.05) is 37.0 Å². The molecule has 3 rings (SSSR count). The lowest BCUT2D eigenvalue weighted by Crippen LogP contribution is -2.61. The van der Waals surface area contributed by atoms with Crippen molar-refractivity contribution in [1.29, 1.82) is 0 Å². The van der Waals surface area contributed by atoms with E-state index in [1.807, 2.05) is 0 Å². The number of aromatic nitrogens is 2. The van der Waals surface area contributed by atoms with Crippen molar-refractivity contribution in [3.63, 3.8) is 0 Å². The normalized spacial score (nSPS) is 26.4. The van der Waals surface area contributed by atoms with Crippen LogP contribution in [-0.4, -0.2) is 59.6 Å². The average Bonchev–Trinajstić information content (AvgIpc) is 2.54. The first-order valence-corrected chi connectivity index (χ1v) is 7.88. The number of anilines is 2. The molecular formula is C15H21F3N4O2. The highest BCUT2D eigenvalue weighted by atomic mass is 19.4. The number of hydrogen-bond acceptors (Lipinski definition) is 6. The number of aliphatic hydroxyl groups is 2. The minimum absolute atomic E-state index is 0.00354. The maximum atomic E-state index is 13.1. The van der Waals surface area contributed by atoms with E-state index in [0.29, 0.717) is 32.4 Å². The molecule has 1 spiro atoms. The number of halogens is 3. The van der Waals surface area contributed by atoms with Gasteiger partial charge in [0.1, 0.15) is 5.82 Å². The molecule has 0 bridgehead atoms. The summed E-state index contributed by atoms with van der Waals surface area (Å²) in [6, 6.07) is 0.957. The summed E-state index contributed by atoms with van der Waals surface area (Å²) in [5.41, 5.74) is -1.49. The Bertz CT molecular complexity index is 605. The zero-order valence-corrected chi connectivity index (χ0v) is 13.6. The smallest absolute Gasteiger partial charge is 0.392 e. The molecule has 0 unspecified atom stereocenters. The molecule has 2 atom stereocenters. The molecule has 1 saturated heterocycles. The van der Waals surface area contributed by atoms with E-state index in [9.17, 15) is 23.4 Å². The first-order chi connectivity index (χ1) is 11.1. The van der Waals surface area contributed by atoms with E-state index in [4.69, 9.17) is 0 Å². The summed E-state index contributed by atoms with van der Waals surface area (Å²) in [4.78, 5) is 11.0. The predicted molar refractivity (Wildman–Crippen MR) is 81.9 cm³/mol. The van der Waals surface area contributed by atoms with Gasteiger partial charge in [0.25, 0.3) is 0 Å². The molecule has 134 valence electrons. The Morgan fingerprint density at radius 2 is 1.75 bits per heavy atom. The van der Waals surface area contributed by atoms with Crippen LogP contribution in [0, 0.1) is 5.41 Å². The molecule has 1 aromatic rings. The number of aliphatic hydroxyl groups excluding tert-OH is 2. The Morgan fingerprint density at radius 3 is 2.21 bits per heavy atom. The molecule has 1 saturated carbocycles. The maximum absolute atomic E-state index is 13.1. The second-order valence-electron chi connectivity index (χ2n) is 6.79. The standard InChI is InChI=1S/C15H21F3N4O2/c1-21(2)13-19-9(15(16,17)18)7-12(20-13)22-5-3-14(4-6-22)10(23)8-11(14)24/h7,10-11,23-24H,3-6,8H2,1-2H3/t10-,11+. The fraction of sp³-hybridized carbons (Fsp3) is 0.733. The molecule has 9 heteroatoms. The summed E-state index contributed by atoms with van der Waals surface area (Å²) in [6.07, 6.45) is -4.20. The Morgan fingerprint density at radius 1 is 1.17 bits per heavy atom. The number of alkyl halides is 3. The van der Waals surface area contributed by atoms with Gasteiger partial charge in [-0.15, -0.1) is 0 Å². The van der Waals surface area contributed by atoms with Crippen molar-refractivity contribution in [3.8, 4) is 0 Å². The Kier molecular flexibility index (Phi) is 4.11. The molecule has 0 aromatic carbocycles. The van der Waals surface area contributed by atoms with Gasteiger partial charge in [0.05, 0.1) is 12.2 Å². The molecular weight excluding hydrogens is 325 g/mol. The van der Waals surface area contributed by atoms with E-state index in [1.165, 1.54) is 4.90 Å². The second kappa shape index (κ2) is 5.73. The van der Waals surface area contributed by atoms with Crippen molar-refractivity contribution in [2.45, 2.75) is 37.6 Å². The lowest BCUT2D eigenvalue weighted by Gasteiger charge is -2.55. The second-order valence-corrected chi connectivity index (χ2v) is 6.79. The van der Waals surface area contributed by atoms with Crippen molar-refractivity contribution >= 4 is 11.8 Å². The summed E-state index contributed by atoms with van der Waals surface area (Å²) in [5, 5.41) is 19.9.